The first-order chi connectivity index (χ1) is 8.24. The molecule has 17 heavy (non-hydrogen) atoms. The van der Waals surface area contributed by atoms with Crippen molar-refractivity contribution in [3.63, 3.8) is 0 Å². The Morgan fingerprint density at radius 2 is 2.18 bits per heavy atom. The molecule has 1 aliphatic rings. The van der Waals surface area contributed by atoms with Crippen LogP contribution in [-0.2, 0) is 4.79 Å². The maximum absolute atomic E-state index is 10.7. The Morgan fingerprint density at radius 3 is 2.82 bits per heavy atom. The van der Waals surface area contributed by atoms with Gasteiger partial charge in [0.15, 0.2) is 0 Å². The van der Waals surface area contributed by atoms with Gasteiger partial charge in [-0.3, -0.25) is 10.1 Å². The minimum atomic E-state index is -0.727. The van der Waals surface area contributed by atoms with E-state index in [0.717, 1.165) is 12.8 Å². The van der Waals surface area contributed by atoms with Gasteiger partial charge in [0.2, 0.25) is 0 Å². The van der Waals surface area contributed by atoms with Crippen LogP contribution in [-0.4, -0.2) is 28.2 Å². The molecular weight excluding hydrogens is 234 g/mol. The minimum Gasteiger partial charge on any atom is -0.480 e. The summed E-state index contributed by atoms with van der Waals surface area (Å²) >= 11 is 1.72. The van der Waals surface area contributed by atoms with Gasteiger partial charge >= 0.3 is 5.97 Å². The quantitative estimate of drug-likeness (QED) is 0.518. The number of nitrogens with one attached hydrogen (secondary N) is 1. The summed E-state index contributed by atoms with van der Waals surface area (Å²) in [5.74, 6) is -0.0321. The van der Waals surface area contributed by atoms with Crippen LogP contribution in [0.5, 0.6) is 0 Å². The Bertz CT molecular complexity index is 256. The molecule has 98 valence electrons. The molecule has 2 unspecified atom stereocenters. The van der Waals surface area contributed by atoms with E-state index in [-0.39, 0.29) is 6.04 Å². The number of thioether (sulfide) groups is 1. The second-order valence-corrected chi connectivity index (χ2v) is 5.66. The second-order valence-electron chi connectivity index (χ2n) is 4.42. The Labute approximate surface area is 108 Å². The lowest BCUT2D eigenvalue weighted by Crippen LogP contribution is -2.36. The van der Waals surface area contributed by atoms with Crippen LogP contribution < -0.4 is 5.32 Å². The molecule has 1 fully saturated rings. The molecule has 0 amide bonds. The number of hydrogen-bond donors (Lipinski definition) is 2. The van der Waals surface area contributed by atoms with Gasteiger partial charge in [-0.05, 0) is 25.7 Å². The van der Waals surface area contributed by atoms with E-state index in [0.29, 0.717) is 11.1 Å². The lowest BCUT2D eigenvalue weighted by atomic mass is 10.2. The second kappa shape index (κ2) is 8.59. The summed E-state index contributed by atoms with van der Waals surface area (Å²) in [6.07, 6.45) is 11.6. The van der Waals surface area contributed by atoms with E-state index < -0.39 is 5.97 Å². The highest BCUT2D eigenvalue weighted by Gasteiger charge is 2.28. The van der Waals surface area contributed by atoms with Gasteiger partial charge in [-0.25, -0.2) is 0 Å². The molecule has 0 aromatic rings. The number of aliphatic carboxylic acids is 1. The van der Waals surface area contributed by atoms with Crippen molar-refractivity contribution in [2.45, 2.75) is 56.9 Å². The van der Waals surface area contributed by atoms with Gasteiger partial charge in [0.25, 0.3) is 0 Å². The number of allylic oxidation sites excluding steroid dienone is 2. The first-order valence-electron chi connectivity index (χ1n) is 6.49. The SMILES string of the molecule is CCCCCC=CCCC1NC(C(=O)O)CS1. The van der Waals surface area contributed by atoms with Crippen molar-refractivity contribution in [1.82, 2.24) is 5.32 Å². The van der Waals surface area contributed by atoms with Gasteiger partial charge in [0.05, 0.1) is 5.37 Å². The normalized spacial score (nSPS) is 24.5. The first kappa shape index (κ1) is 14.6. The van der Waals surface area contributed by atoms with E-state index in [2.05, 4.69) is 24.4 Å². The lowest BCUT2D eigenvalue weighted by molar-refractivity contribution is -0.138. The van der Waals surface area contributed by atoms with Crippen LogP contribution in [0.3, 0.4) is 0 Å². The number of carbonyl (C=O) groups is 1. The Kier molecular flexibility index (Phi) is 7.37. The van der Waals surface area contributed by atoms with Crippen molar-refractivity contribution >= 4 is 17.7 Å². The summed E-state index contributed by atoms with van der Waals surface area (Å²) in [5.41, 5.74) is 0. The third-order valence-corrected chi connectivity index (χ3v) is 4.19. The predicted molar refractivity (Wildman–Crippen MR) is 73.3 cm³/mol. The zero-order valence-corrected chi connectivity index (χ0v) is 11.3. The highest BCUT2D eigenvalue weighted by molar-refractivity contribution is 8.00. The van der Waals surface area contributed by atoms with Gasteiger partial charge in [0.1, 0.15) is 6.04 Å². The molecule has 0 radical (unpaired) electrons. The summed E-state index contributed by atoms with van der Waals surface area (Å²) in [7, 11) is 0. The molecule has 0 aromatic heterocycles. The Hall–Kier alpha value is -0.480. The first-order valence-corrected chi connectivity index (χ1v) is 7.54. The minimum absolute atomic E-state index is 0.316. The summed E-state index contributed by atoms with van der Waals surface area (Å²) in [4.78, 5) is 10.7. The van der Waals surface area contributed by atoms with Crippen LogP contribution in [0.1, 0.15) is 45.4 Å². The highest BCUT2D eigenvalue weighted by atomic mass is 32.2. The lowest BCUT2D eigenvalue weighted by Gasteiger charge is -2.08. The fourth-order valence-corrected chi connectivity index (χ4v) is 3.06. The molecule has 1 saturated heterocycles. The summed E-state index contributed by atoms with van der Waals surface area (Å²) in [6, 6.07) is -0.349. The van der Waals surface area contributed by atoms with Crippen molar-refractivity contribution < 1.29 is 9.90 Å². The molecule has 1 aliphatic heterocycles. The highest BCUT2D eigenvalue weighted by Crippen LogP contribution is 2.22. The number of carboxylic acid groups (broad SMARTS) is 1. The predicted octanol–water partition coefficient (Wildman–Crippen LogP) is 3.02. The van der Waals surface area contributed by atoms with E-state index in [1.165, 1.54) is 25.7 Å². The number of hydrogen-bond acceptors (Lipinski definition) is 3. The van der Waals surface area contributed by atoms with Gasteiger partial charge in [-0.15, -0.1) is 11.8 Å². The molecule has 0 aromatic carbocycles. The van der Waals surface area contributed by atoms with Crippen LogP contribution >= 0.6 is 11.8 Å². The molecule has 4 heteroatoms. The summed E-state index contributed by atoms with van der Waals surface area (Å²) < 4.78 is 0. The molecule has 2 atom stereocenters. The zero-order valence-electron chi connectivity index (χ0n) is 10.5. The van der Waals surface area contributed by atoms with E-state index in [1.54, 1.807) is 11.8 Å². The third-order valence-electron chi connectivity index (χ3n) is 2.89. The molecule has 1 rings (SSSR count). The molecule has 0 spiro atoms. The molecular formula is C13H23NO2S. The van der Waals surface area contributed by atoms with Gasteiger partial charge in [-0.2, -0.15) is 0 Å². The fourth-order valence-electron chi connectivity index (χ4n) is 1.84. The van der Waals surface area contributed by atoms with Crippen LogP contribution in [0.4, 0.5) is 0 Å². The average Bonchev–Trinajstić information content (AvgIpc) is 2.77. The van der Waals surface area contributed by atoms with Crippen molar-refractivity contribution in [3.8, 4) is 0 Å². The smallest absolute Gasteiger partial charge is 0.321 e. The van der Waals surface area contributed by atoms with Crippen LogP contribution in [0.2, 0.25) is 0 Å². The van der Waals surface area contributed by atoms with Crippen molar-refractivity contribution in [2.24, 2.45) is 0 Å². The summed E-state index contributed by atoms with van der Waals surface area (Å²) in [5, 5.41) is 12.3. The van der Waals surface area contributed by atoms with Crippen molar-refractivity contribution in [3.05, 3.63) is 12.2 Å². The van der Waals surface area contributed by atoms with Gasteiger partial charge < -0.3 is 5.11 Å². The molecule has 0 aliphatic carbocycles. The largest absolute Gasteiger partial charge is 0.480 e. The van der Waals surface area contributed by atoms with Crippen LogP contribution in [0.15, 0.2) is 12.2 Å². The van der Waals surface area contributed by atoms with Crippen LogP contribution in [0, 0.1) is 0 Å². The molecule has 0 saturated carbocycles. The van der Waals surface area contributed by atoms with E-state index in [9.17, 15) is 4.79 Å². The average molecular weight is 257 g/mol. The molecule has 0 bridgehead atoms. The Morgan fingerprint density at radius 1 is 1.41 bits per heavy atom. The maximum atomic E-state index is 10.7. The standard InChI is InChI=1S/C13H23NO2S/c1-2-3-4-5-6-7-8-9-12-14-11(10-17-12)13(15)16/h6-7,11-12,14H,2-5,8-10H2,1H3,(H,15,16). The van der Waals surface area contributed by atoms with E-state index >= 15 is 0 Å². The molecule has 2 N–H and O–H groups in total. The zero-order chi connectivity index (χ0) is 12.5. The Balaban J connectivity index is 2.02. The van der Waals surface area contributed by atoms with Gasteiger partial charge in [0, 0.05) is 5.75 Å². The number of carboxylic acids is 1. The van der Waals surface area contributed by atoms with Crippen LogP contribution in [0.25, 0.3) is 0 Å². The van der Waals surface area contributed by atoms with Gasteiger partial charge in [-0.1, -0.05) is 31.9 Å². The third kappa shape index (κ3) is 6.13. The monoisotopic (exact) mass is 257 g/mol. The maximum Gasteiger partial charge on any atom is 0.321 e. The molecule has 1 heterocycles. The number of unbranched alkanes of at least 4 members (excludes halogenated alkanes) is 3. The van der Waals surface area contributed by atoms with Crippen molar-refractivity contribution in [1.29, 1.82) is 0 Å². The van der Waals surface area contributed by atoms with E-state index in [4.69, 9.17) is 5.11 Å². The topological polar surface area (TPSA) is 49.3 Å². The fraction of sp³-hybridized carbons (Fsp3) is 0.769. The van der Waals surface area contributed by atoms with E-state index in [1.807, 2.05) is 0 Å². The number of rotatable bonds is 8. The molecule has 3 nitrogen and oxygen atoms in total. The van der Waals surface area contributed by atoms with Crippen molar-refractivity contribution in [2.75, 3.05) is 5.75 Å². The summed E-state index contributed by atoms with van der Waals surface area (Å²) in [6.45, 7) is 2.21.